The SMILES string of the molecule is C\C=C/C=C1/C(=O)c2ccccc2C/C1=C/C. The Bertz CT molecular complexity index is 530. The molecule has 1 heteroatoms. The molecule has 0 radical (unpaired) electrons. The molecule has 0 bridgehead atoms. The van der Waals surface area contributed by atoms with Crippen molar-refractivity contribution in [3.05, 3.63) is 70.8 Å². The minimum Gasteiger partial charge on any atom is -0.289 e. The van der Waals surface area contributed by atoms with Gasteiger partial charge in [0.05, 0.1) is 0 Å². The summed E-state index contributed by atoms with van der Waals surface area (Å²) in [6.07, 6.45) is 8.65. The number of hydrogen-bond acceptors (Lipinski definition) is 1. The summed E-state index contributed by atoms with van der Waals surface area (Å²) in [6.45, 7) is 3.94. The number of benzene rings is 1. The molecule has 0 unspecified atom stereocenters. The van der Waals surface area contributed by atoms with Gasteiger partial charge in [-0.3, -0.25) is 4.79 Å². The predicted molar refractivity (Wildman–Crippen MR) is 71.1 cm³/mol. The molecule has 0 fully saturated rings. The highest BCUT2D eigenvalue weighted by Crippen LogP contribution is 2.29. The number of allylic oxidation sites excluding steroid dienone is 6. The van der Waals surface area contributed by atoms with Gasteiger partial charge < -0.3 is 0 Å². The molecule has 1 aromatic rings. The third-order valence-electron chi connectivity index (χ3n) is 3.04. The molecule has 1 aliphatic rings. The normalized spacial score (nSPS) is 20.2. The molecule has 17 heavy (non-hydrogen) atoms. The first-order chi connectivity index (χ1) is 8.27. The van der Waals surface area contributed by atoms with Crippen molar-refractivity contribution in [3.63, 3.8) is 0 Å². The van der Waals surface area contributed by atoms with E-state index < -0.39 is 0 Å². The Morgan fingerprint density at radius 3 is 2.65 bits per heavy atom. The molecule has 1 aliphatic carbocycles. The Labute approximate surface area is 102 Å². The van der Waals surface area contributed by atoms with Gasteiger partial charge in [-0.2, -0.15) is 0 Å². The molecule has 0 aromatic heterocycles. The molecule has 2 rings (SSSR count). The van der Waals surface area contributed by atoms with Crippen molar-refractivity contribution in [2.75, 3.05) is 0 Å². The molecule has 0 saturated heterocycles. The second-order valence-electron chi connectivity index (χ2n) is 4.08. The van der Waals surface area contributed by atoms with Gasteiger partial charge in [-0.05, 0) is 31.4 Å². The number of hydrogen-bond donors (Lipinski definition) is 0. The summed E-state index contributed by atoms with van der Waals surface area (Å²) >= 11 is 0. The molecular formula is C16H16O. The average molecular weight is 224 g/mol. The van der Waals surface area contributed by atoms with Crippen LogP contribution in [0.5, 0.6) is 0 Å². The third-order valence-corrected chi connectivity index (χ3v) is 3.04. The van der Waals surface area contributed by atoms with Crippen LogP contribution >= 0.6 is 0 Å². The lowest BCUT2D eigenvalue weighted by atomic mass is 9.83. The van der Waals surface area contributed by atoms with Crippen molar-refractivity contribution in [3.8, 4) is 0 Å². The number of carbonyl (C=O) groups excluding carboxylic acids is 1. The lowest BCUT2D eigenvalue weighted by Gasteiger charge is -2.20. The maximum Gasteiger partial charge on any atom is 0.193 e. The fraction of sp³-hybridized carbons (Fsp3) is 0.188. The van der Waals surface area contributed by atoms with Crippen LogP contribution < -0.4 is 0 Å². The summed E-state index contributed by atoms with van der Waals surface area (Å²) in [6, 6.07) is 7.85. The summed E-state index contributed by atoms with van der Waals surface area (Å²) in [5.74, 6) is 0.137. The highest BCUT2D eigenvalue weighted by Gasteiger charge is 2.24. The molecule has 0 heterocycles. The second-order valence-corrected chi connectivity index (χ2v) is 4.08. The number of fused-ring (bicyclic) bond motifs is 1. The topological polar surface area (TPSA) is 17.1 Å². The molecule has 0 spiro atoms. The van der Waals surface area contributed by atoms with Gasteiger partial charge in [0.1, 0.15) is 0 Å². The zero-order valence-electron chi connectivity index (χ0n) is 10.2. The fourth-order valence-electron chi connectivity index (χ4n) is 2.12. The fourth-order valence-corrected chi connectivity index (χ4v) is 2.12. The van der Waals surface area contributed by atoms with Crippen LogP contribution in [-0.2, 0) is 6.42 Å². The van der Waals surface area contributed by atoms with E-state index in [-0.39, 0.29) is 5.78 Å². The predicted octanol–water partition coefficient (Wildman–Crippen LogP) is 3.87. The Morgan fingerprint density at radius 2 is 1.94 bits per heavy atom. The van der Waals surface area contributed by atoms with E-state index in [9.17, 15) is 4.79 Å². The van der Waals surface area contributed by atoms with Crippen molar-refractivity contribution in [2.24, 2.45) is 0 Å². The standard InChI is InChI=1S/C16H16O/c1-3-5-9-14-12(4-2)11-13-8-6-7-10-15(13)16(14)17/h3-10H,11H2,1-2H3/b5-3-,12-4-,14-9+. The van der Waals surface area contributed by atoms with E-state index in [2.05, 4.69) is 0 Å². The van der Waals surface area contributed by atoms with Crippen LogP contribution in [0.2, 0.25) is 0 Å². The first-order valence-corrected chi connectivity index (χ1v) is 5.89. The molecule has 0 saturated carbocycles. The van der Waals surface area contributed by atoms with E-state index in [1.807, 2.05) is 62.4 Å². The van der Waals surface area contributed by atoms with Crippen LogP contribution in [0.25, 0.3) is 0 Å². The van der Waals surface area contributed by atoms with Crippen LogP contribution in [0.1, 0.15) is 29.8 Å². The summed E-state index contributed by atoms with van der Waals surface area (Å²) in [5.41, 5.74) is 3.91. The van der Waals surface area contributed by atoms with Crippen molar-refractivity contribution < 1.29 is 4.79 Å². The summed E-state index contributed by atoms with van der Waals surface area (Å²) in [7, 11) is 0. The smallest absolute Gasteiger partial charge is 0.193 e. The van der Waals surface area contributed by atoms with Gasteiger partial charge >= 0.3 is 0 Å². The molecule has 0 N–H and O–H groups in total. The molecule has 0 aliphatic heterocycles. The average Bonchev–Trinajstić information content (AvgIpc) is 2.37. The number of carbonyl (C=O) groups is 1. The van der Waals surface area contributed by atoms with Crippen LogP contribution in [0.4, 0.5) is 0 Å². The van der Waals surface area contributed by atoms with Gasteiger partial charge in [0.2, 0.25) is 0 Å². The first-order valence-electron chi connectivity index (χ1n) is 5.89. The number of rotatable bonds is 1. The molecule has 1 nitrogen and oxygen atoms in total. The first kappa shape index (κ1) is 11.6. The minimum absolute atomic E-state index is 0.137. The molecule has 0 amide bonds. The van der Waals surface area contributed by atoms with E-state index in [1.54, 1.807) is 0 Å². The van der Waals surface area contributed by atoms with Crippen LogP contribution in [0.15, 0.2) is 59.7 Å². The molecule has 0 atom stereocenters. The number of ketones is 1. The summed E-state index contributed by atoms with van der Waals surface area (Å²) < 4.78 is 0. The Balaban J connectivity index is 2.54. The van der Waals surface area contributed by atoms with Crippen molar-refractivity contribution in [2.45, 2.75) is 20.3 Å². The van der Waals surface area contributed by atoms with Crippen molar-refractivity contribution in [1.29, 1.82) is 0 Å². The Morgan fingerprint density at radius 1 is 1.18 bits per heavy atom. The van der Waals surface area contributed by atoms with E-state index >= 15 is 0 Å². The highest BCUT2D eigenvalue weighted by molar-refractivity contribution is 6.14. The highest BCUT2D eigenvalue weighted by atomic mass is 16.1. The van der Waals surface area contributed by atoms with Crippen molar-refractivity contribution in [1.82, 2.24) is 0 Å². The lowest BCUT2D eigenvalue weighted by Crippen LogP contribution is -2.16. The van der Waals surface area contributed by atoms with E-state index in [1.165, 1.54) is 0 Å². The largest absolute Gasteiger partial charge is 0.289 e. The van der Waals surface area contributed by atoms with E-state index in [0.717, 1.165) is 28.7 Å². The molecular weight excluding hydrogens is 208 g/mol. The van der Waals surface area contributed by atoms with Crippen LogP contribution in [-0.4, -0.2) is 5.78 Å². The zero-order valence-corrected chi connectivity index (χ0v) is 10.2. The van der Waals surface area contributed by atoms with Gasteiger partial charge in [-0.15, -0.1) is 0 Å². The maximum atomic E-state index is 12.3. The van der Waals surface area contributed by atoms with Gasteiger partial charge in [-0.1, -0.05) is 48.6 Å². The van der Waals surface area contributed by atoms with Crippen LogP contribution in [0.3, 0.4) is 0 Å². The molecule has 1 aromatic carbocycles. The second kappa shape index (κ2) is 4.96. The van der Waals surface area contributed by atoms with Crippen LogP contribution in [0, 0.1) is 0 Å². The zero-order chi connectivity index (χ0) is 12.3. The van der Waals surface area contributed by atoms with E-state index in [0.29, 0.717) is 0 Å². The monoisotopic (exact) mass is 224 g/mol. The van der Waals surface area contributed by atoms with Crippen molar-refractivity contribution >= 4 is 5.78 Å². The quantitative estimate of drug-likeness (QED) is 0.662. The van der Waals surface area contributed by atoms with Gasteiger partial charge in [0.25, 0.3) is 0 Å². The third kappa shape index (κ3) is 2.14. The van der Waals surface area contributed by atoms with Gasteiger partial charge in [-0.25, -0.2) is 0 Å². The minimum atomic E-state index is 0.137. The maximum absolute atomic E-state index is 12.3. The van der Waals surface area contributed by atoms with E-state index in [4.69, 9.17) is 0 Å². The van der Waals surface area contributed by atoms with Gasteiger partial charge in [0.15, 0.2) is 5.78 Å². The van der Waals surface area contributed by atoms with Gasteiger partial charge in [0, 0.05) is 11.1 Å². The Kier molecular flexibility index (Phi) is 3.38. The lowest BCUT2D eigenvalue weighted by molar-refractivity contribution is 0.103. The summed E-state index contributed by atoms with van der Waals surface area (Å²) in [4.78, 5) is 12.3. The molecule has 86 valence electrons. The summed E-state index contributed by atoms with van der Waals surface area (Å²) in [5, 5.41) is 0. The Hall–Kier alpha value is -1.89. The number of Topliss-reactive ketones (excluding diaryl/α,β-unsaturated/α-hetero) is 1.